The van der Waals surface area contributed by atoms with Crippen LogP contribution in [0.1, 0.15) is 10.7 Å². The first-order valence-corrected chi connectivity index (χ1v) is 7.20. The van der Waals surface area contributed by atoms with E-state index in [1.54, 1.807) is 29.9 Å². The van der Waals surface area contributed by atoms with Crippen LogP contribution in [-0.2, 0) is 6.54 Å². The molecule has 5 heteroatoms. The Labute approximate surface area is 121 Å². The zero-order valence-corrected chi connectivity index (χ0v) is 11.9. The van der Waals surface area contributed by atoms with Gasteiger partial charge in [0.25, 0.3) is 0 Å². The molecule has 100 valence electrons. The van der Waals surface area contributed by atoms with Crippen molar-refractivity contribution in [3.8, 4) is 11.3 Å². The van der Waals surface area contributed by atoms with E-state index >= 15 is 0 Å². The van der Waals surface area contributed by atoms with Gasteiger partial charge >= 0.3 is 0 Å². The largest absolute Gasteiger partial charge is 0.379 e. The highest BCUT2D eigenvalue weighted by Gasteiger charge is 2.02. The Morgan fingerprint density at radius 3 is 2.65 bits per heavy atom. The summed E-state index contributed by atoms with van der Waals surface area (Å²) in [7, 11) is 0. The van der Waals surface area contributed by atoms with Crippen molar-refractivity contribution in [2.45, 2.75) is 13.5 Å². The Morgan fingerprint density at radius 2 is 2.00 bits per heavy atom. The van der Waals surface area contributed by atoms with Crippen molar-refractivity contribution in [3.05, 3.63) is 58.9 Å². The van der Waals surface area contributed by atoms with Crippen LogP contribution in [0.4, 0.5) is 5.69 Å². The van der Waals surface area contributed by atoms with Gasteiger partial charge in [-0.15, -0.1) is 11.3 Å². The van der Waals surface area contributed by atoms with Gasteiger partial charge in [-0.2, -0.15) is 0 Å². The summed E-state index contributed by atoms with van der Waals surface area (Å²) in [5.41, 5.74) is 4.16. The molecule has 2 heterocycles. The molecule has 3 rings (SSSR count). The molecule has 1 N–H and O–H groups in total. The summed E-state index contributed by atoms with van der Waals surface area (Å²) in [5, 5.41) is 6.49. The number of nitrogens with zero attached hydrogens (tertiary/aromatic N) is 3. The minimum atomic E-state index is 0.670. The van der Waals surface area contributed by atoms with Crippen molar-refractivity contribution in [2.24, 2.45) is 0 Å². The van der Waals surface area contributed by atoms with Crippen LogP contribution < -0.4 is 5.32 Å². The first kappa shape index (κ1) is 12.7. The van der Waals surface area contributed by atoms with Gasteiger partial charge < -0.3 is 5.32 Å². The molecule has 0 amide bonds. The van der Waals surface area contributed by atoms with Crippen LogP contribution in [0.25, 0.3) is 11.3 Å². The fourth-order valence-corrected chi connectivity index (χ4v) is 2.49. The molecular weight excluding hydrogens is 268 g/mol. The molecule has 0 bridgehead atoms. The second-order valence-electron chi connectivity index (χ2n) is 4.38. The summed E-state index contributed by atoms with van der Waals surface area (Å²) >= 11 is 1.67. The second kappa shape index (κ2) is 5.79. The number of rotatable bonds is 4. The molecule has 0 radical (unpaired) electrons. The quantitative estimate of drug-likeness (QED) is 0.795. The van der Waals surface area contributed by atoms with E-state index in [2.05, 4.69) is 49.9 Å². The predicted octanol–water partition coefficient (Wildman–Crippen LogP) is 3.52. The molecule has 0 aliphatic rings. The van der Waals surface area contributed by atoms with Crippen molar-refractivity contribution in [2.75, 3.05) is 5.32 Å². The summed E-state index contributed by atoms with van der Waals surface area (Å²) in [4.78, 5) is 12.8. The lowest BCUT2D eigenvalue weighted by Gasteiger charge is -2.06. The number of benzene rings is 1. The minimum absolute atomic E-state index is 0.670. The fourth-order valence-electron chi connectivity index (χ4n) is 1.87. The van der Waals surface area contributed by atoms with Gasteiger partial charge in [0.1, 0.15) is 0 Å². The third kappa shape index (κ3) is 3.00. The van der Waals surface area contributed by atoms with Gasteiger partial charge in [-0.05, 0) is 19.1 Å². The Hall–Kier alpha value is -2.27. The lowest BCUT2D eigenvalue weighted by atomic mass is 10.1. The van der Waals surface area contributed by atoms with E-state index in [0.29, 0.717) is 6.54 Å². The van der Waals surface area contributed by atoms with Gasteiger partial charge in [0, 0.05) is 29.0 Å². The minimum Gasteiger partial charge on any atom is -0.379 e. The zero-order valence-electron chi connectivity index (χ0n) is 11.1. The maximum absolute atomic E-state index is 4.48. The molecule has 0 unspecified atom stereocenters. The average Bonchev–Trinajstić information content (AvgIpc) is 2.93. The van der Waals surface area contributed by atoms with Gasteiger partial charge in [0.15, 0.2) is 0 Å². The monoisotopic (exact) mass is 282 g/mol. The normalized spacial score (nSPS) is 10.4. The number of aromatic nitrogens is 3. The van der Waals surface area contributed by atoms with Gasteiger partial charge in [0.05, 0.1) is 29.1 Å². The molecule has 1 aromatic carbocycles. The topological polar surface area (TPSA) is 50.7 Å². The standard InChI is InChI=1S/C15H14N4S/c1-11-19-15(10-20-11)12-2-4-13(5-3-12)18-9-14-8-16-6-7-17-14/h2-8,10,18H,9H2,1H3. The van der Waals surface area contributed by atoms with Gasteiger partial charge in [0.2, 0.25) is 0 Å². The third-order valence-corrected chi connectivity index (χ3v) is 3.66. The molecule has 0 atom stereocenters. The summed E-state index contributed by atoms with van der Waals surface area (Å²) in [6, 6.07) is 8.27. The Bertz CT molecular complexity index is 677. The van der Waals surface area contributed by atoms with Crippen LogP contribution in [0.2, 0.25) is 0 Å². The number of nitrogens with one attached hydrogen (secondary N) is 1. The molecule has 0 saturated heterocycles. The van der Waals surface area contributed by atoms with Crippen LogP contribution in [0.5, 0.6) is 0 Å². The van der Waals surface area contributed by atoms with Crippen molar-refractivity contribution in [1.82, 2.24) is 15.0 Å². The van der Waals surface area contributed by atoms with E-state index in [4.69, 9.17) is 0 Å². The molecule has 3 aromatic rings. The Kier molecular flexibility index (Phi) is 3.69. The van der Waals surface area contributed by atoms with Crippen LogP contribution >= 0.6 is 11.3 Å². The van der Waals surface area contributed by atoms with E-state index in [0.717, 1.165) is 27.6 Å². The molecule has 0 spiro atoms. The molecule has 2 aromatic heterocycles. The Morgan fingerprint density at radius 1 is 1.15 bits per heavy atom. The van der Waals surface area contributed by atoms with Crippen molar-refractivity contribution < 1.29 is 0 Å². The summed E-state index contributed by atoms with van der Waals surface area (Å²) < 4.78 is 0. The molecular formula is C15H14N4S. The maximum Gasteiger partial charge on any atom is 0.0901 e. The summed E-state index contributed by atoms with van der Waals surface area (Å²) in [6.45, 7) is 2.69. The van der Waals surface area contributed by atoms with Crippen LogP contribution in [0.3, 0.4) is 0 Å². The van der Waals surface area contributed by atoms with Gasteiger partial charge in [-0.1, -0.05) is 12.1 Å². The average molecular weight is 282 g/mol. The fraction of sp³-hybridized carbons (Fsp3) is 0.133. The van der Waals surface area contributed by atoms with Crippen LogP contribution in [0.15, 0.2) is 48.2 Å². The zero-order chi connectivity index (χ0) is 13.8. The van der Waals surface area contributed by atoms with E-state index in [-0.39, 0.29) is 0 Å². The van der Waals surface area contributed by atoms with E-state index in [1.807, 2.05) is 6.92 Å². The third-order valence-electron chi connectivity index (χ3n) is 2.89. The van der Waals surface area contributed by atoms with Crippen molar-refractivity contribution in [1.29, 1.82) is 0 Å². The molecule has 0 fully saturated rings. The van der Waals surface area contributed by atoms with Crippen LogP contribution in [0, 0.1) is 6.92 Å². The lowest BCUT2D eigenvalue weighted by Crippen LogP contribution is -2.01. The Balaban J connectivity index is 1.67. The molecule has 20 heavy (non-hydrogen) atoms. The van der Waals surface area contributed by atoms with Gasteiger partial charge in [-0.25, -0.2) is 4.98 Å². The van der Waals surface area contributed by atoms with Crippen molar-refractivity contribution >= 4 is 17.0 Å². The first-order chi connectivity index (χ1) is 9.81. The predicted molar refractivity (Wildman–Crippen MR) is 81.6 cm³/mol. The summed E-state index contributed by atoms with van der Waals surface area (Å²) in [5.74, 6) is 0. The highest BCUT2D eigenvalue weighted by atomic mass is 32.1. The lowest BCUT2D eigenvalue weighted by molar-refractivity contribution is 1.01. The second-order valence-corrected chi connectivity index (χ2v) is 5.44. The van der Waals surface area contributed by atoms with E-state index in [1.165, 1.54) is 0 Å². The molecule has 0 aliphatic carbocycles. The van der Waals surface area contributed by atoms with Crippen LogP contribution in [-0.4, -0.2) is 15.0 Å². The molecule has 0 saturated carbocycles. The van der Waals surface area contributed by atoms with E-state index in [9.17, 15) is 0 Å². The van der Waals surface area contributed by atoms with E-state index < -0.39 is 0 Å². The number of thiazole rings is 1. The highest BCUT2D eigenvalue weighted by Crippen LogP contribution is 2.23. The number of anilines is 1. The molecule has 0 aliphatic heterocycles. The van der Waals surface area contributed by atoms with Gasteiger partial charge in [-0.3, -0.25) is 9.97 Å². The smallest absolute Gasteiger partial charge is 0.0901 e. The number of hydrogen-bond donors (Lipinski definition) is 1. The molecule has 4 nitrogen and oxygen atoms in total. The van der Waals surface area contributed by atoms with Crippen molar-refractivity contribution in [3.63, 3.8) is 0 Å². The number of hydrogen-bond acceptors (Lipinski definition) is 5. The maximum atomic E-state index is 4.48. The SMILES string of the molecule is Cc1nc(-c2ccc(NCc3cnccn3)cc2)cs1. The number of aryl methyl sites for hydroxylation is 1. The first-order valence-electron chi connectivity index (χ1n) is 6.32. The summed E-state index contributed by atoms with van der Waals surface area (Å²) in [6.07, 6.45) is 5.14. The highest BCUT2D eigenvalue weighted by molar-refractivity contribution is 7.09.